The van der Waals surface area contributed by atoms with Gasteiger partial charge in [-0.25, -0.2) is 9.59 Å². The Hall–Kier alpha value is -3.90. The van der Waals surface area contributed by atoms with Crippen LogP contribution in [-0.4, -0.2) is 39.0 Å². The van der Waals surface area contributed by atoms with Gasteiger partial charge in [0.05, 0.1) is 0 Å². The van der Waals surface area contributed by atoms with Crippen LogP contribution in [0.1, 0.15) is 50.2 Å². The number of hydrogen-bond acceptors (Lipinski definition) is 8. The minimum Gasteiger partial charge on any atom is -0.481 e. The lowest BCUT2D eigenvalue weighted by molar-refractivity contribution is -0.137. The summed E-state index contributed by atoms with van der Waals surface area (Å²) in [5.41, 5.74) is 3.81. The van der Waals surface area contributed by atoms with Crippen molar-refractivity contribution in [2.75, 3.05) is 0 Å². The summed E-state index contributed by atoms with van der Waals surface area (Å²) in [7, 11) is 0. The van der Waals surface area contributed by atoms with Crippen molar-refractivity contribution >= 4 is 69.0 Å². The molecule has 0 fully saturated rings. The van der Waals surface area contributed by atoms with Crippen molar-refractivity contribution in [3.8, 4) is 40.4 Å². The summed E-state index contributed by atoms with van der Waals surface area (Å²) in [6.07, 6.45) is 1.31. The number of ketones is 1. The van der Waals surface area contributed by atoms with E-state index in [0.29, 0.717) is 19.3 Å². The number of aryl methyl sites for hydroxylation is 2. The molecule has 0 aliphatic carbocycles. The van der Waals surface area contributed by atoms with Crippen LogP contribution in [0.4, 0.5) is 0 Å². The van der Waals surface area contributed by atoms with E-state index in [1.54, 1.807) is 36.5 Å². The largest absolute Gasteiger partial charge is 0.481 e. The average molecular weight is 637 g/mol. The van der Waals surface area contributed by atoms with Crippen LogP contribution in [-0.2, 0) is 22.4 Å². The molecule has 3 N–H and O–H groups in total. The third-order valence-corrected chi connectivity index (χ3v) is 11.5. The number of thiophene rings is 4. The van der Waals surface area contributed by atoms with Crippen molar-refractivity contribution in [3.05, 3.63) is 81.5 Å². The molecular formula is C31H24O7S4. The maximum atomic E-state index is 11.8. The number of aliphatic carboxylic acids is 1. The van der Waals surface area contributed by atoms with Gasteiger partial charge < -0.3 is 20.1 Å². The van der Waals surface area contributed by atoms with Crippen LogP contribution in [0.25, 0.3) is 40.4 Å². The lowest BCUT2D eigenvalue weighted by Crippen LogP contribution is -1.97. The monoisotopic (exact) mass is 636 g/mol. The summed E-state index contributed by atoms with van der Waals surface area (Å²) >= 11 is 5.48. The molecule has 4 aromatic heterocycles. The van der Waals surface area contributed by atoms with Crippen LogP contribution >= 0.6 is 45.3 Å². The first kappa shape index (κ1) is 29.6. The fourth-order valence-corrected chi connectivity index (χ4v) is 8.74. The number of rotatable bonds is 12. The highest BCUT2D eigenvalue weighted by molar-refractivity contribution is 7.25. The summed E-state index contributed by atoms with van der Waals surface area (Å²) in [6, 6.07) is 18.7. The number of carboxylic acids is 3. The van der Waals surface area contributed by atoms with Crippen molar-refractivity contribution in [2.45, 2.75) is 32.6 Å². The van der Waals surface area contributed by atoms with E-state index in [0.717, 1.165) is 51.5 Å². The van der Waals surface area contributed by atoms with Gasteiger partial charge in [0.2, 0.25) is 0 Å². The van der Waals surface area contributed by atoms with Gasteiger partial charge in [0.15, 0.2) is 0 Å². The Labute approximate surface area is 257 Å². The highest BCUT2D eigenvalue weighted by Gasteiger charge is 2.19. The molecule has 0 aliphatic rings. The quantitative estimate of drug-likeness (QED) is 0.125. The van der Waals surface area contributed by atoms with Gasteiger partial charge in [-0.05, 0) is 78.4 Å². The number of aromatic carboxylic acids is 2. The first-order valence-corrected chi connectivity index (χ1v) is 16.1. The summed E-state index contributed by atoms with van der Waals surface area (Å²) in [4.78, 5) is 51.9. The summed E-state index contributed by atoms with van der Waals surface area (Å²) < 4.78 is 0. The lowest BCUT2D eigenvalue weighted by atomic mass is 10.0. The van der Waals surface area contributed by atoms with Crippen LogP contribution in [0.3, 0.4) is 0 Å². The maximum absolute atomic E-state index is 11.8. The topological polar surface area (TPSA) is 129 Å². The predicted octanol–water partition coefficient (Wildman–Crippen LogP) is 8.54. The van der Waals surface area contributed by atoms with E-state index in [9.17, 15) is 34.5 Å². The van der Waals surface area contributed by atoms with Gasteiger partial charge in [-0.15, -0.1) is 45.3 Å². The van der Waals surface area contributed by atoms with E-state index < -0.39 is 17.9 Å². The molecule has 5 aromatic rings. The van der Waals surface area contributed by atoms with E-state index in [2.05, 4.69) is 0 Å². The molecule has 0 aliphatic heterocycles. The second-order valence-corrected chi connectivity index (χ2v) is 13.8. The Bertz CT molecular complexity index is 1670. The molecule has 0 radical (unpaired) electrons. The van der Waals surface area contributed by atoms with Crippen LogP contribution in [0, 0.1) is 0 Å². The molecule has 7 nitrogen and oxygen atoms in total. The summed E-state index contributed by atoms with van der Waals surface area (Å²) in [5, 5.41) is 28.0. The third kappa shape index (κ3) is 6.60. The number of carbonyl (C=O) groups excluding carboxylic acids is 1. The zero-order valence-corrected chi connectivity index (χ0v) is 25.5. The molecule has 0 unspecified atom stereocenters. The third-order valence-electron chi connectivity index (χ3n) is 6.50. The van der Waals surface area contributed by atoms with Crippen LogP contribution in [0.15, 0.2) is 60.7 Å². The van der Waals surface area contributed by atoms with Gasteiger partial charge in [0.1, 0.15) is 15.5 Å². The Morgan fingerprint density at radius 1 is 0.571 bits per heavy atom. The van der Waals surface area contributed by atoms with Gasteiger partial charge in [-0.3, -0.25) is 4.79 Å². The molecule has 0 bridgehead atoms. The fraction of sp³-hybridized carbons (Fsp3) is 0.161. The van der Waals surface area contributed by atoms with E-state index >= 15 is 0 Å². The van der Waals surface area contributed by atoms with Gasteiger partial charge >= 0.3 is 17.9 Å². The molecule has 5 rings (SSSR count). The lowest BCUT2D eigenvalue weighted by Gasteiger charge is -2.07. The van der Waals surface area contributed by atoms with Crippen LogP contribution in [0.5, 0.6) is 0 Å². The molecule has 1 aromatic carbocycles. The molecule has 214 valence electrons. The fourth-order valence-electron chi connectivity index (χ4n) is 4.46. The van der Waals surface area contributed by atoms with E-state index in [4.69, 9.17) is 0 Å². The molecule has 0 saturated carbocycles. The summed E-state index contributed by atoms with van der Waals surface area (Å²) in [6.45, 7) is 1.57. The number of Topliss-reactive ketones (excluding diaryl/α,β-unsaturated/α-hetero) is 1. The first-order valence-electron chi connectivity index (χ1n) is 12.8. The van der Waals surface area contributed by atoms with Crippen LogP contribution < -0.4 is 0 Å². The molecule has 42 heavy (non-hydrogen) atoms. The number of carboxylic acid groups (broad SMARTS) is 3. The van der Waals surface area contributed by atoms with Gasteiger partial charge in [-0.2, -0.15) is 0 Å². The number of benzene rings is 1. The van der Waals surface area contributed by atoms with Crippen molar-refractivity contribution < 1.29 is 34.5 Å². The molecule has 0 spiro atoms. The Balaban J connectivity index is 1.50. The zero-order chi connectivity index (χ0) is 30.0. The zero-order valence-electron chi connectivity index (χ0n) is 22.2. The van der Waals surface area contributed by atoms with Gasteiger partial charge in [0, 0.05) is 42.1 Å². The predicted molar refractivity (Wildman–Crippen MR) is 169 cm³/mol. The molecule has 0 saturated heterocycles. The maximum Gasteiger partial charge on any atom is 0.345 e. The Morgan fingerprint density at radius 2 is 1.00 bits per heavy atom. The van der Waals surface area contributed by atoms with Crippen LogP contribution in [0.2, 0.25) is 0 Å². The summed E-state index contributed by atoms with van der Waals surface area (Å²) in [5.74, 6) is -2.74. The SMILES string of the molecule is CC(=O)CCc1cc(-c2ccc(C(=O)O)s2)sc1-c1ccc(-c2sc(-c3ccc(C(=O)O)s3)cc2CCC(=O)O)cc1. The van der Waals surface area contributed by atoms with Gasteiger partial charge in [-0.1, -0.05) is 24.3 Å². The second-order valence-electron chi connectivity index (χ2n) is 9.54. The van der Waals surface area contributed by atoms with E-state index in [1.165, 1.54) is 34.0 Å². The number of carbonyl (C=O) groups is 4. The minimum atomic E-state index is -0.981. The van der Waals surface area contributed by atoms with Crippen molar-refractivity contribution in [1.29, 1.82) is 0 Å². The number of hydrogen-bond donors (Lipinski definition) is 3. The molecule has 4 heterocycles. The van der Waals surface area contributed by atoms with E-state index in [-0.39, 0.29) is 22.0 Å². The minimum absolute atomic E-state index is 0.0180. The van der Waals surface area contributed by atoms with E-state index in [1.807, 2.05) is 42.5 Å². The highest BCUT2D eigenvalue weighted by Crippen LogP contribution is 2.44. The Morgan fingerprint density at radius 3 is 1.36 bits per heavy atom. The smallest absolute Gasteiger partial charge is 0.345 e. The van der Waals surface area contributed by atoms with Crippen molar-refractivity contribution in [2.24, 2.45) is 0 Å². The van der Waals surface area contributed by atoms with Gasteiger partial charge in [0.25, 0.3) is 0 Å². The molecule has 0 amide bonds. The first-order chi connectivity index (χ1) is 20.1. The normalized spacial score (nSPS) is 11.1. The van der Waals surface area contributed by atoms with Crippen molar-refractivity contribution in [3.63, 3.8) is 0 Å². The second kappa shape index (κ2) is 12.5. The Kier molecular flexibility index (Phi) is 8.83. The molecular weight excluding hydrogens is 613 g/mol. The van der Waals surface area contributed by atoms with Crippen molar-refractivity contribution in [1.82, 2.24) is 0 Å². The molecule has 11 heteroatoms. The standard InChI is InChI=1S/C31H24O7S4/c1-16(32)2-3-19-14-25(21-9-11-23(39-21)30(35)36)41-28(19)17-4-6-18(7-5-17)29-20(8-13-27(33)34)15-26(42-29)22-10-12-24(40-22)31(37)38/h4-7,9-12,14-15H,2-3,8,13H2,1H3,(H,33,34)(H,35,36)(H,37,38). The molecule has 0 atom stereocenters. The average Bonchev–Trinajstić information content (AvgIpc) is 3.76. The highest BCUT2D eigenvalue weighted by atomic mass is 32.1.